The zero-order valence-electron chi connectivity index (χ0n) is 12.0. The van der Waals surface area contributed by atoms with Crippen LogP contribution in [0.4, 0.5) is 0 Å². The molecule has 2 heterocycles. The Hall–Kier alpha value is -1.00. The van der Waals surface area contributed by atoms with Crippen LogP contribution >= 0.6 is 11.8 Å². The highest BCUT2D eigenvalue weighted by Crippen LogP contribution is 2.35. The van der Waals surface area contributed by atoms with Gasteiger partial charge in [-0.2, -0.15) is 0 Å². The summed E-state index contributed by atoms with van der Waals surface area (Å²) in [6.45, 7) is 0.838. The van der Waals surface area contributed by atoms with E-state index < -0.39 is 0 Å². The van der Waals surface area contributed by atoms with E-state index in [-0.39, 0.29) is 5.91 Å². The van der Waals surface area contributed by atoms with Gasteiger partial charge in [0.15, 0.2) is 0 Å². The molecule has 2 aliphatic heterocycles. The van der Waals surface area contributed by atoms with Gasteiger partial charge in [0, 0.05) is 37.0 Å². The summed E-state index contributed by atoms with van der Waals surface area (Å²) in [7, 11) is 1.91. The van der Waals surface area contributed by atoms with Gasteiger partial charge >= 0.3 is 0 Å². The molecule has 2 unspecified atom stereocenters. The molecule has 0 bridgehead atoms. The van der Waals surface area contributed by atoms with E-state index in [0.29, 0.717) is 18.5 Å². The summed E-state index contributed by atoms with van der Waals surface area (Å²) in [6, 6.07) is 9.61. The molecule has 2 aliphatic rings. The first-order valence-electron chi connectivity index (χ1n) is 7.46. The molecule has 108 valence electrons. The van der Waals surface area contributed by atoms with Crippen LogP contribution in [0.1, 0.15) is 37.3 Å². The Balaban J connectivity index is 1.72. The van der Waals surface area contributed by atoms with Crippen LogP contribution in [0.5, 0.6) is 0 Å². The SMILES string of the molecule is CN1CC(NC2CCCSc3ccccc32)CCC1=O. The lowest BCUT2D eigenvalue weighted by Crippen LogP contribution is -2.47. The molecule has 3 rings (SSSR count). The number of piperidine rings is 1. The number of likely N-dealkylation sites (N-methyl/N-ethyl adjacent to an activating group) is 1. The van der Waals surface area contributed by atoms with Crippen molar-refractivity contribution in [2.75, 3.05) is 19.3 Å². The van der Waals surface area contributed by atoms with E-state index in [1.54, 1.807) is 0 Å². The Morgan fingerprint density at radius 3 is 3.00 bits per heavy atom. The van der Waals surface area contributed by atoms with Crippen molar-refractivity contribution in [1.29, 1.82) is 0 Å². The van der Waals surface area contributed by atoms with Crippen LogP contribution < -0.4 is 5.32 Å². The first-order chi connectivity index (χ1) is 9.74. The maximum absolute atomic E-state index is 11.6. The molecule has 0 radical (unpaired) electrons. The Labute approximate surface area is 125 Å². The number of carbonyl (C=O) groups excluding carboxylic acids is 1. The van der Waals surface area contributed by atoms with Crippen molar-refractivity contribution in [2.24, 2.45) is 0 Å². The number of rotatable bonds is 2. The van der Waals surface area contributed by atoms with Gasteiger partial charge < -0.3 is 10.2 Å². The maximum atomic E-state index is 11.6. The van der Waals surface area contributed by atoms with Crippen LogP contribution in [0.25, 0.3) is 0 Å². The van der Waals surface area contributed by atoms with Crippen molar-refractivity contribution in [1.82, 2.24) is 10.2 Å². The average Bonchev–Trinajstić information content (AvgIpc) is 2.66. The summed E-state index contributed by atoms with van der Waals surface area (Å²) in [5.74, 6) is 1.48. The highest BCUT2D eigenvalue weighted by Gasteiger charge is 2.26. The Morgan fingerprint density at radius 1 is 1.30 bits per heavy atom. The molecule has 1 N–H and O–H groups in total. The summed E-state index contributed by atoms with van der Waals surface area (Å²) in [5.41, 5.74) is 1.44. The lowest BCUT2D eigenvalue weighted by molar-refractivity contribution is -0.132. The molecule has 1 amide bonds. The first kappa shape index (κ1) is 14.0. The number of amides is 1. The Bertz CT molecular complexity index is 491. The molecule has 0 saturated carbocycles. The van der Waals surface area contributed by atoms with Crippen LogP contribution in [0.3, 0.4) is 0 Å². The minimum Gasteiger partial charge on any atom is -0.344 e. The molecular formula is C16H22N2OS. The van der Waals surface area contributed by atoms with Gasteiger partial charge in [0.25, 0.3) is 0 Å². The topological polar surface area (TPSA) is 32.3 Å². The van der Waals surface area contributed by atoms with E-state index >= 15 is 0 Å². The molecule has 1 fully saturated rings. The fourth-order valence-corrected chi connectivity index (χ4v) is 4.21. The molecule has 1 saturated heterocycles. The van der Waals surface area contributed by atoms with Gasteiger partial charge in [-0.1, -0.05) is 18.2 Å². The number of hydrogen-bond acceptors (Lipinski definition) is 3. The lowest BCUT2D eigenvalue weighted by atomic mass is 9.98. The van der Waals surface area contributed by atoms with Crippen molar-refractivity contribution in [3.05, 3.63) is 29.8 Å². The van der Waals surface area contributed by atoms with E-state index in [1.807, 2.05) is 23.7 Å². The fourth-order valence-electron chi connectivity index (χ4n) is 3.13. The molecule has 0 aliphatic carbocycles. The van der Waals surface area contributed by atoms with E-state index in [4.69, 9.17) is 0 Å². The van der Waals surface area contributed by atoms with Crippen molar-refractivity contribution >= 4 is 17.7 Å². The van der Waals surface area contributed by atoms with Crippen LogP contribution in [0.15, 0.2) is 29.2 Å². The van der Waals surface area contributed by atoms with Crippen molar-refractivity contribution in [2.45, 2.75) is 42.7 Å². The van der Waals surface area contributed by atoms with Crippen molar-refractivity contribution in [3.63, 3.8) is 0 Å². The zero-order chi connectivity index (χ0) is 13.9. The Morgan fingerprint density at radius 2 is 2.15 bits per heavy atom. The first-order valence-corrected chi connectivity index (χ1v) is 8.44. The molecule has 3 nitrogen and oxygen atoms in total. The number of benzene rings is 1. The highest BCUT2D eigenvalue weighted by atomic mass is 32.2. The summed E-state index contributed by atoms with van der Waals surface area (Å²) < 4.78 is 0. The van der Waals surface area contributed by atoms with E-state index in [0.717, 1.165) is 13.0 Å². The largest absolute Gasteiger partial charge is 0.344 e. The quantitative estimate of drug-likeness (QED) is 0.909. The maximum Gasteiger partial charge on any atom is 0.222 e. The van der Waals surface area contributed by atoms with Gasteiger partial charge in [0.2, 0.25) is 5.91 Å². The smallest absolute Gasteiger partial charge is 0.222 e. The molecule has 20 heavy (non-hydrogen) atoms. The van der Waals surface area contributed by atoms with E-state index in [2.05, 4.69) is 29.6 Å². The third kappa shape index (κ3) is 3.01. The van der Waals surface area contributed by atoms with Gasteiger partial charge in [-0.05, 0) is 36.6 Å². The fraction of sp³-hybridized carbons (Fsp3) is 0.562. The molecule has 1 aromatic rings. The van der Waals surface area contributed by atoms with Gasteiger partial charge in [-0.15, -0.1) is 11.8 Å². The molecule has 2 atom stereocenters. The second-order valence-electron chi connectivity index (χ2n) is 5.76. The van der Waals surface area contributed by atoms with Gasteiger partial charge in [-0.25, -0.2) is 0 Å². The lowest BCUT2D eigenvalue weighted by Gasteiger charge is -2.33. The van der Waals surface area contributed by atoms with Crippen molar-refractivity contribution < 1.29 is 4.79 Å². The number of fused-ring (bicyclic) bond motifs is 1. The van der Waals surface area contributed by atoms with Gasteiger partial charge in [0.05, 0.1) is 0 Å². The third-order valence-corrected chi connectivity index (χ3v) is 5.43. The molecular weight excluding hydrogens is 268 g/mol. The molecule has 0 spiro atoms. The van der Waals surface area contributed by atoms with E-state index in [9.17, 15) is 4.79 Å². The summed E-state index contributed by atoms with van der Waals surface area (Å²) in [6.07, 6.45) is 4.09. The second-order valence-corrected chi connectivity index (χ2v) is 6.89. The third-order valence-electron chi connectivity index (χ3n) is 4.25. The molecule has 4 heteroatoms. The minimum absolute atomic E-state index is 0.278. The van der Waals surface area contributed by atoms with Crippen LogP contribution in [0.2, 0.25) is 0 Å². The normalized spacial score (nSPS) is 27.1. The van der Waals surface area contributed by atoms with E-state index in [1.165, 1.54) is 29.1 Å². The monoisotopic (exact) mass is 290 g/mol. The average molecular weight is 290 g/mol. The zero-order valence-corrected chi connectivity index (χ0v) is 12.8. The van der Waals surface area contributed by atoms with Crippen LogP contribution in [-0.4, -0.2) is 36.2 Å². The number of likely N-dealkylation sites (tertiary alicyclic amines) is 1. The molecule has 0 aromatic heterocycles. The van der Waals surface area contributed by atoms with Crippen molar-refractivity contribution in [3.8, 4) is 0 Å². The van der Waals surface area contributed by atoms with Gasteiger partial charge in [0.1, 0.15) is 0 Å². The molecule has 1 aromatic carbocycles. The van der Waals surface area contributed by atoms with Crippen LogP contribution in [0, 0.1) is 0 Å². The summed E-state index contributed by atoms with van der Waals surface area (Å²) >= 11 is 1.97. The number of nitrogens with zero attached hydrogens (tertiary/aromatic N) is 1. The standard InChI is InChI=1S/C16H22N2OS/c1-18-11-12(8-9-16(18)19)17-14-6-4-10-20-15-7-3-2-5-13(14)15/h2-3,5,7,12,14,17H,4,6,8-11H2,1H3. The predicted octanol–water partition coefficient (Wildman–Crippen LogP) is 2.82. The Kier molecular flexibility index (Phi) is 4.32. The number of hydrogen-bond donors (Lipinski definition) is 1. The number of carbonyl (C=O) groups is 1. The second kappa shape index (κ2) is 6.19. The van der Waals surface area contributed by atoms with Crippen LogP contribution in [-0.2, 0) is 4.79 Å². The summed E-state index contributed by atoms with van der Waals surface area (Å²) in [5, 5.41) is 3.80. The summed E-state index contributed by atoms with van der Waals surface area (Å²) in [4.78, 5) is 14.9. The minimum atomic E-state index is 0.278. The van der Waals surface area contributed by atoms with Gasteiger partial charge in [-0.3, -0.25) is 4.79 Å². The number of thioether (sulfide) groups is 1. The number of nitrogens with one attached hydrogen (secondary N) is 1. The highest BCUT2D eigenvalue weighted by molar-refractivity contribution is 7.99. The predicted molar refractivity (Wildman–Crippen MR) is 82.9 cm³/mol.